The molecule has 1 aromatic rings. The van der Waals surface area contributed by atoms with Crippen LogP contribution in [-0.4, -0.2) is 52.4 Å². The molecule has 0 spiro atoms. The molecule has 0 aromatic heterocycles. The molecule has 2 saturated heterocycles. The molecule has 2 fully saturated rings. The first kappa shape index (κ1) is 18.6. The molecule has 2 atom stereocenters. The number of hydrogen-bond acceptors (Lipinski definition) is 3. The second-order valence-corrected chi connectivity index (χ2v) is 7.25. The van der Waals surface area contributed by atoms with Crippen LogP contribution in [0.5, 0.6) is 0 Å². The highest BCUT2D eigenvalue weighted by molar-refractivity contribution is 5.87. The predicted molar refractivity (Wildman–Crippen MR) is 100 cm³/mol. The van der Waals surface area contributed by atoms with E-state index in [4.69, 9.17) is 0 Å². The molecule has 2 aliphatic rings. The lowest BCUT2D eigenvalue weighted by Gasteiger charge is -2.41. The zero-order chi connectivity index (χ0) is 18.5. The maximum absolute atomic E-state index is 13.1. The number of aliphatic hydroxyl groups excluding tert-OH is 1. The van der Waals surface area contributed by atoms with Crippen LogP contribution in [0.1, 0.15) is 43.8 Å². The van der Waals surface area contributed by atoms with Gasteiger partial charge in [0.25, 0.3) is 0 Å². The lowest BCUT2D eigenvalue weighted by atomic mass is 9.89. The van der Waals surface area contributed by atoms with Crippen molar-refractivity contribution < 1.29 is 14.7 Å². The molecule has 2 aliphatic heterocycles. The van der Waals surface area contributed by atoms with E-state index in [1.54, 1.807) is 4.90 Å². The highest BCUT2D eigenvalue weighted by atomic mass is 16.3. The van der Waals surface area contributed by atoms with Gasteiger partial charge in [-0.3, -0.25) is 9.59 Å². The van der Waals surface area contributed by atoms with E-state index < -0.39 is 6.10 Å². The second-order valence-electron chi connectivity index (χ2n) is 7.25. The topological polar surface area (TPSA) is 60.9 Å². The Morgan fingerprint density at radius 2 is 1.77 bits per heavy atom. The molecule has 0 bridgehead atoms. The van der Waals surface area contributed by atoms with Crippen LogP contribution in [-0.2, 0) is 9.59 Å². The normalized spacial score (nSPS) is 22.7. The van der Waals surface area contributed by atoms with Crippen molar-refractivity contribution in [2.45, 2.75) is 44.2 Å². The summed E-state index contributed by atoms with van der Waals surface area (Å²) in [5, 5.41) is 10.9. The summed E-state index contributed by atoms with van der Waals surface area (Å²) in [5.41, 5.74) is 0.864. The number of carbonyl (C=O) groups is 2. The van der Waals surface area contributed by atoms with Crippen molar-refractivity contribution in [2.75, 3.05) is 19.6 Å². The molecule has 5 nitrogen and oxygen atoms in total. The van der Waals surface area contributed by atoms with Crippen molar-refractivity contribution in [3.8, 4) is 0 Å². The van der Waals surface area contributed by atoms with Crippen molar-refractivity contribution >= 4 is 11.8 Å². The molecule has 3 rings (SSSR count). The third kappa shape index (κ3) is 3.98. The third-order valence-corrected chi connectivity index (χ3v) is 5.67. The van der Waals surface area contributed by atoms with Gasteiger partial charge in [-0.15, -0.1) is 0 Å². The van der Waals surface area contributed by atoms with Gasteiger partial charge in [0.05, 0.1) is 12.1 Å². The number of amides is 2. The quantitative estimate of drug-likeness (QED) is 0.844. The minimum atomic E-state index is -0.650. The Balaban J connectivity index is 1.67. The van der Waals surface area contributed by atoms with Crippen LogP contribution < -0.4 is 0 Å². The molecule has 1 aromatic carbocycles. The van der Waals surface area contributed by atoms with Crippen LogP contribution >= 0.6 is 0 Å². The maximum Gasteiger partial charge on any atom is 0.245 e. The Morgan fingerprint density at radius 1 is 1.08 bits per heavy atom. The summed E-state index contributed by atoms with van der Waals surface area (Å²) in [7, 11) is 0. The summed E-state index contributed by atoms with van der Waals surface area (Å²) >= 11 is 0. The van der Waals surface area contributed by atoms with E-state index in [1.165, 1.54) is 6.08 Å². The van der Waals surface area contributed by atoms with Crippen molar-refractivity contribution in [2.24, 2.45) is 5.92 Å². The molecule has 0 saturated carbocycles. The Labute approximate surface area is 155 Å². The van der Waals surface area contributed by atoms with Crippen LogP contribution in [0.2, 0.25) is 0 Å². The van der Waals surface area contributed by atoms with E-state index in [0.29, 0.717) is 32.5 Å². The Hall–Kier alpha value is -2.14. The van der Waals surface area contributed by atoms with E-state index in [9.17, 15) is 14.7 Å². The van der Waals surface area contributed by atoms with E-state index in [-0.39, 0.29) is 23.8 Å². The monoisotopic (exact) mass is 356 g/mol. The standard InChI is InChI=1S/C21H28N2O3/c1-2-19(24)22-14-11-17(12-15-22)21(26)23-13-7-6-10-18(23)20(25)16-8-4-3-5-9-16/h2-5,8-9,17-18,20,25H,1,6-7,10-15H2. The summed E-state index contributed by atoms with van der Waals surface area (Å²) in [4.78, 5) is 28.5. The number of aliphatic hydroxyl groups is 1. The Kier molecular flexibility index (Phi) is 6.09. The molecule has 140 valence electrons. The number of hydrogen-bond donors (Lipinski definition) is 1. The van der Waals surface area contributed by atoms with E-state index >= 15 is 0 Å². The maximum atomic E-state index is 13.1. The number of carbonyl (C=O) groups excluding carboxylic acids is 2. The third-order valence-electron chi connectivity index (χ3n) is 5.67. The lowest BCUT2D eigenvalue weighted by molar-refractivity contribution is -0.145. The molecule has 2 amide bonds. The molecule has 2 unspecified atom stereocenters. The number of likely N-dealkylation sites (tertiary alicyclic amines) is 2. The van der Waals surface area contributed by atoms with Gasteiger partial charge in [0.15, 0.2) is 0 Å². The summed E-state index contributed by atoms with van der Waals surface area (Å²) < 4.78 is 0. The fourth-order valence-electron chi connectivity index (χ4n) is 4.14. The van der Waals surface area contributed by atoms with Gasteiger partial charge in [-0.1, -0.05) is 36.9 Å². The number of benzene rings is 1. The summed E-state index contributed by atoms with van der Waals surface area (Å²) in [5.74, 6) is 0.00840. The van der Waals surface area contributed by atoms with Gasteiger partial charge in [0.2, 0.25) is 11.8 Å². The van der Waals surface area contributed by atoms with E-state index in [2.05, 4.69) is 6.58 Å². The number of nitrogens with zero attached hydrogens (tertiary/aromatic N) is 2. The molecular weight excluding hydrogens is 328 g/mol. The minimum Gasteiger partial charge on any atom is -0.386 e. The van der Waals surface area contributed by atoms with Crippen molar-refractivity contribution in [3.05, 3.63) is 48.6 Å². The number of piperidine rings is 2. The fourth-order valence-corrected chi connectivity index (χ4v) is 4.14. The Bertz CT molecular complexity index is 638. The highest BCUT2D eigenvalue weighted by Crippen LogP contribution is 2.31. The fraction of sp³-hybridized carbons (Fsp3) is 0.524. The molecule has 26 heavy (non-hydrogen) atoms. The molecule has 2 heterocycles. The lowest BCUT2D eigenvalue weighted by Crippen LogP contribution is -2.51. The predicted octanol–water partition coefficient (Wildman–Crippen LogP) is 2.53. The van der Waals surface area contributed by atoms with Crippen molar-refractivity contribution in [1.29, 1.82) is 0 Å². The smallest absolute Gasteiger partial charge is 0.245 e. The average Bonchev–Trinajstić information content (AvgIpc) is 2.73. The van der Waals surface area contributed by atoms with Crippen LogP contribution in [0.4, 0.5) is 0 Å². The van der Waals surface area contributed by atoms with Gasteiger partial charge in [-0.2, -0.15) is 0 Å². The molecule has 5 heteroatoms. The van der Waals surface area contributed by atoms with E-state index in [0.717, 1.165) is 24.8 Å². The van der Waals surface area contributed by atoms with Crippen molar-refractivity contribution in [1.82, 2.24) is 9.80 Å². The Morgan fingerprint density at radius 3 is 2.42 bits per heavy atom. The first-order valence-corrected chi connectivity index (χ1v) is 9.56. The van der Waals surface area contributed by atoms with Gasteiger partial charge in [-0.25, -0.2) is 0 Å². The van der Waals surface area contributed by atoms with Gasteiger partial charge in [0, 0.05) is 25.6 Å². The number of rotatable bonds is 4. The van der Waals surface area contributed by atoms with Gasteiger partial charge >= 0.3 is 0 Å². The largest absolute Gasteiger partial charge is 0.386 e. The molecular formula is C21H28N2O3. The zero-order valence-corrected chi connectivity index (χ0v) is 15.2. The summed E-state index contributed by atoms with van der Waals surface area (Å²) in [6, 6.07) is 9.44. The minimum absolute atomic E-state index is 0.0626. The van der Waals surface area contributed by atoms with Gasteiger partial charge in [-0.05, 0) is 43.7 Å². The first-order chi connectivity index (χ1) is 12.6. The van der Waals surface area contributed by atoms with Gasteiger partial charge < -0.3 is 14.9 Å². The SMILES string of the molecule is C=CC(=O)N1CCC(C(=O)N2CCCCC2C(O)c2ccccc2)CC1. The van der Waals surface area contributed by atoms with Crippen LogP contribution in [0, 0.1) is 5.92 Å². The highest BCUT2D eigenvalue weighted by Gasteiger charge is 2.37. The van der Waals surface area contributed by atoms with Crippen LogP contribution in [0.15, 0.2) is 43.0 Å². The molecule has 1 N–H and O–H groups in total. The second kappa shape index (κ2) is 8.49. The molecule has 0 aliphatic carbocycles. The zero-order valence-electron chi connectivity index (χ0n) is 15.2. The summed E-state index contributed by atoms with van der Waals surface area (Å²) in [6.45, 7) is 5.43. The summed E-state index contributed by atoms with van der Waals surface area (Å²) in [6.07, 6.45) is 4.89. The van der Waals surface area contributed by atoms with Crippen molar-refractivity contribution in [3.63, 3.8) is 0 Å². The van der Waals surface area contributed by atoms with Crippen LogP contribution in [0.3, 0.4) is 0 Å². The van der Waals surface area contributed by atoms with Gasteiger partial charge in [0.1, 0.15) is 0 Å². The van der Waals surface area contributed by atoms with E-state index in [1.807, 2.05) is 35.2 Å². The first-order valence-electron chi connectivity index (χ1n) is 9.56. The average molecular weight is 356 g/mol. The molecule has 0 radical (unpaired) electrons. The van der Waals surface area contributed by atoms with Crippen LogP contribution in [0.25, 0.3) is 0 Å².